The predicted molar refractivity (Wildman–Crippen MR) is 73.6 cm³/mol. The third-order valence-corrected chi connectivity index (χ3v) is 4.27. The summed E-state index contributed by atoms with van der Waals surface area (Å²) in [6.45, 7) is 1.86. The Kier molecular flexibility index (Phi) is 4.86. The Morgan fingerprint density at radius 3 is 2.84 bits per heavy atom. The molecule has 1 unspecified atom stereocenters. The van der Waals surface area contributed by atoms with E-state index in [0.29, 0.717) is 5.75 Å². The van der Waals surface area contributed by atoms with Crippen LogP contribution in [0.25, 0.3) is 0 Å². The predicted octanol–water partition coefficient (Wildman–Crippen LogP) is 2.65. The van der Waals surface area contributed by atoms with Gasteiger partial charge in [0.15, 0.2) is 4.34 Å². The smallest absolute Gasteiger partial charge is 0.230 e. The Morgan fingerprint density at radius 2 is 2.21 bits per heavy atom. The maximum absolute atomic E-state index is 12.8. The second-order valence-corrected chi connectivity index (χ2v) is 5.89. The largest absolute Gasteiger partial charge is 0.349 e. The maximum Gasteiger partial charge on any atom is 0.230 e. The van der Waals surface area contributed by atoms with Crippen LogP contribution in [-0.4, -0.2) is 21.9 Å². The van der Waals surface area contributed by atoms with Gasteiger partial charge in [-0.05, 0) is 24.6 Å². The molecule has 0 aliphatic heterocycles. The van der Waals surface area contributed by atoms with E-state index in [1.54, 1.807) is 17.6 Å². The summed E-state index contributed by atoms with van der Waals surface area (Å²) in [6.07, 6.45) is 0. The van der Waals surface area contributed by atoms with Gasteiger partial charge in [0.05, 0.1) is 11.8 Å². The topological polar surface area (TPSA) is 54.9 Å². The maximum atomic E-state index is 12.8. The number of nitrogens with zero attached hydrogens (tertiary/aromatic N) is 2. The summed E-state index contributed by atoms with van der Waals surface area (Å²) in [5.74, 6) is -0.0769. The van der Waals surface area contributed by atoms with Gasteiger partial charge >= 0.3 is 0 Å². The van der Waals surface area contributed by atoms with E-state index in [0.717, 1.165) is 9.90 Å². The number of halogens is 1. The fourth-order valence-electron chi connectivity index (χ4n) is 1.47. The third kappa shape index (κ3) is 4.29. The number of amides is 1. The first-order valence-electron chi connectivity index (χ1n) is 5.59. The van der Waals surface area contributed by atoms with Crippen LogP contribution in [-0.2, 0) is 4.79 Å². The molecule has 1 atom stereocenters. The van der Waals surface area contributed by atoms with Crippen LogP contribution in [0.3, 0.4) is 0 Å². The summed E-state index contributed by atoms with van der Waals surface area (Å²) in [5, 5.41) is 10.4. The van der Waals surface area contributed by atoms with Crippen LogP contribution in [0.15, 0.2) is 34.1 Å². The van der Waals surface area contributed by atoms with Crippen LogP contribution in [0.4, 0.5) is 4.39 Å². The molecule has 0 spiro atoms. The van der Waals surface area contributed by atoms with Crippen LogP contribution in [0, 0.1) is 5.82 Å². The highest BCUT2D eigenvalue weighted by molar-refractivity contribution is 8.01. The van der Waals surface area contributed by atoms with Crippen molar-refractivity contribution in [2.75, 3.05) is 5.75 Å². The van der Waals surface area contributed by atoms with Crippen molar-refractivity contribution in [1.29, 1.82) is 0 Å². The van der Waals surface area contributed by atoms with Crippen molar-refractivity contribution in [2.45, 2.75) is 17.3 Å². The lowest BCUT2D eigenvalue weighted by Crippen LogP contribution is -2.28. The second kappa shape index (κ2) is 6.63. The highest BCUT2D eigenvalue weighted by Gasteiger charge is 2.10. The van der Waals surface area contributed by atoms with Crippen LogP contribution in [0.2, 0.25) is 0 Å². The summed E-state index contributed by atoms with van der Waals surface area (Å²) in [7, 11) is 0. The minimum Gasteiger partial charge on any atom is -0.349 e. The summed E-state index contributed by atoms with van der Waals surface area (Å²) in [4.78, 5) is 11.7. The zero-order chi connectivity index (χ0) is 13.7. The fourth-order valence-corrected chi connectivity index (χ4v) is 2.77. The quantitative estimate of drug-likeness (QED) is 0.862. The van der Waals surface area contributed by atoms with Gasteiger partial charge in [-0.3, -0.25) is 4.79 Å². The first-order chi connectivity index (χ1) is 9.15. The van der Waals surface area contributed by atoms with E-state index in [1.807, 2.05) is 6.92 Å². The molecule has 19 heavy (non-hydrogen) atoms. The molecular formula is C12H12FN3OS2. The molecule has 0 aliphatic rings. The van der Waals surface area contributed by atoms with Gasteiger partial charge in [-0.25, -0.2) is 4.39 Å². The molecule has 100 valence electrons. The molecule has 2 rings (SSSR count). The number of hydrogen-bond donors (Lipinski definition) is 1. The first-order valence-corrected chi connectivity index (χ1v) is 7.45. The standard InChI is InChI=1S/C12H12FN3OS2/c1-8(9-2-4-10(13)5-3-9)15-11(17)6-18-12-16-14-7-19-12/h2-5,7-8H,6H2,1H3,(H,15,17). The van der Waals surface area contributed by atoms with Crippen molar-refractivity contribution in [3.8, 4) is 0 Å². The van der Waals surface area contributed by atoms with Crippen molar-refractivity contribution < 1.29 is 9.18 Å². The molecule has 1 aromatic heterocycles. The molecule has 1 N–H and O–H groups in total. The van der Waals surface area contributed by atoms with Gasteiger partial charge in [0.25, 0.3) is 0 Å². The van der Waals surface area contributed by atoms with E-state index in [4.69, 9.17) is 0 Å². The van der Waals surface area contributed by atoms with Gasteiger partial charge in [0.2, 0.25) is 5.91 Å². The van der Waals surface area contributed by atoms with Gasteiger partial charge in [0.1, 0.15) is 11.3 Å². The lowest BCUT2D eigenvalue weighted by molar-refractivity contribution is -0.119. The monoisotopic (exact) mass is 297 g/mol. The molecule has 1 amide bonds. The zero-order valence-electron chi connectivity index (χ0n) is 10.2. The Labute approximate surface area is 118 Å². The minimum absolute atomic E-state index is 0.0861. The number of hydrogen-bond acceptors (Lipinski definition) is 5. The highest BCUT2D eigenvalue weighted by atomic mass is 32.2. The molecule has 0 radical (unpaired) electrons. The lowest BCUT2D eigenvalue weighted by atomic mass is 10.1. The lowest BCUT2D eigenvalue weighted by Gasteiger charge is -2.13. The Balaban J connectivity index is 1.83. The normalized spacial score (nSPS) is 12.1. The van der Waals surface area contributed by atoms with E-state index in [9.17, 15) is 9.18 Å². The molecule has 0 fully saturated rings. The van der Waals surface area contributed by atoms with E-state index in [-0.39, 0.29) is 17.8 Å². The van der Waals surface area contributed by atoms with Crippen molar-refractivity contribution in [1.82, 2.24) is 15.5 Å². The number of carbonyl (C=O) groups is 1. The van der Waals surface area contributed by atoms with E-state index in [2.05, 4.69) is 15.5 Å². The summed E-state index contributed by atoms with van der Waals surface area (Å²) < 4.78 is 13.6. The van der Waals surface area contributed by atoms with Gasteiger partial charge in [0, 0.05) is 0 Å². The van der Waals surface area contributed by atoms with Crippen molar-refractivity contribution in [3.63, 3.8) is 0 Å². The number of carbonyl (C=O) groups excluding carboxylic acids is 1. The van der Waals surface area contributed by atoms with E-state index in [1.165, 1.54) is 35.2 Å². The highest BCUT2D eigenvalue weighted by Crippen LogP contribution is 2.19. The van der Waals surface area contributed by atoms with Gasteiger partial charge in [-0.15, -0.1) is 10.2 Å². The Morgan fingerprint density at radius 1 is 1.47 bits per heavy atom. The van der Waals surface area contributed by atoms with E-state index < -0.39 is 0 Å². The molecule has 0 aliphatic carbocycles. The minimum atomic E-state index is -0.283. The van der Waals surface area contributed by atoms with E-state index >= 15 is 0 Å². The van der Waals surface area contributed by atoms with Crippen LogP contribution in [0.5, 0.6) is 0 Å². The van der Waals surface area contributed by atoms with Crippen molar-refractivity contribution in [2.24, 2.45) is 0 Å². The Hall–Kier alpha value is -1.47. The number of benzene rings is 1. The molecule has 0 saturated heterocycles. The SMILES string of the molecule is CC(NC(=O)CSc1nncs1)c1ccc(F)cc1. The van der Waals surface area contributed by atoms with Crippen LogP contribution < -0.4 is 5.32 Å². The average molecular weight is 297 g/mol. The number of thioether (sulfide) groups is 1. The van der Waals surface area contributed by atoms with Gasteiger partial charge < -0.3 is 5.32 Å². The molecule has 4 nitrogen and oxygen atoms in total. The second-order valence-electron chi connectivity index (χ2n) is 3.83. The fraction of sp³-hybridized carbons (Fsp3) is 0.250. The molecular weight excluding hydrogens is 285 g/mol. The zero-order valence-corrected chi connectivity index (χ0v) is 11.8. The number of rotatable bonds is 5. The Bertz CT molecular complexity index is 530. The molecule has 0 saturated carbocycles. The van der Waals surface area contributed by atoms with Crippen molar-refractivity contribution in [3.05, 3.63) is 41.2 Å². The number of nitrogens with one attached hydrogen (secondary N) is 1. The summed E-state index contributed by atoms with van der Waals surface area (Å²) in [6, 6.07) is 5.95. The summed E-state index contributed by atoms with van der Waals surface area (Å²) >= 11 is 2.75. The summed E-state index contributed by atoms with van der Waals surface area (Å²) in [5.41, 5.74) is 2.50. The number of aromatic nitrogens is 2. The molecule has 1 aromatic carbocycles. The average Bonchev–Trinajstić information content (AvgIpc) is 2.90. The molecule has 0 bridgehead atoms. The first kappa shape index (κ1) is 14.0. The van der Waals surface area contributed by atoms with Gasteiger partial charge in [-0.1, -0.05) is 35.2 Å². The molecule has 2 aromatic rings. The van der Waals surface area contributed by atoms with Crippen LogP contribution in [0.1, 0.15) is 18.5 Å². The molecule has 1 heterocycles. The van der Waals surface area contributed by atoms with Crippen molar-refractivity contribution >= 4 is 29.0 Å². The molecule has 7 heteroatoms. The third-order valence-electron chi connectivity index (χ3n) is 2.41. The van der Waals surface area contributed by atoms with Crippen LogP contribution >= 0.6 is 23.1 Å². The van der Waals surface area contributed by atoms with Gasteiger partial charge in [-0.2, -0.15) is 0 Å².